The summed E-state index contributed by atoms with van der Waals surface area (Å²) in [6, 6.07) is 3.93. The van der Waals surface area contributed by atoms with Crippen LogP contribution in [-0.4, -0.2) is 45.1 Å². The third-order valence-corrected chi connectivity index (χ3v) is 5.89. The minimum Gasteiger partial charge on any atom is -0.355 e. The van der Waals surface area contributed by atoms with Crippen LogP contribution in [0, 0.1) is 17.2 Å². The van der Waals surface area contributed by atoms with Crippen LogP contribution in [0.2, 0.25) is 0 Å². The van der Waals surface area contributed by atoms with Crippen molar-refractivity contribution in [1.82, 2.24) is 20.3 Å². The van der Waals surface area contributed by atoms with Crippen LogP contribution in [0.1, 0.15) is 58.2 Å². The number of carbonyl (C=O) groups is 2. The van der Waals surface area contributed by atoms with Crippen LogP contribution in [0.3, 0.4) is 0 Å². The first kappa shape index (κ1) is 22.2. The van der Waals surface area contributed by atoms with Crippen molar-refractivity contribution in [3.05, 3.63) is 29.8 Å². The van der Waals surface area contributed by atoms with Crippen molar-refractivity contribution in [1.29, 1.82) is 0 Å². The molecule has 0 aliphatic heterocycles. The maximum Gasteiger partial charge on any atom is 0.233 e. The van der Waals surface area contributed by atoms with Crippen molar-refractivity contribution in [2.75, 3.05) is 6.54 Å². The van der Waals surface area contributed by atoms with Gasteiger partial charge in [-0.15, -0.1) is 0 Å². The van der Waals surface area contributed by atoms with Crippen LogP contribution >= 0.6 is 0 Å². The molecule has 1 aromatic carbocycles. The predicted molar refractivity (Wildman–Crippen MR) is 111 cm³/mol. The molecule has 30 heavy (non-hydrogen) atoms. The van der Waals surface area contributed by atoms with Gasteiger partial charge in [0.1, 0.15) is 11.6 Å². The maximum atomic E-state index is 13.4. The highest BCUT2D eigenvalue weighted by molar-refractivity contribution is 5.77. The number of hydrogen-bond acceptors (Lipinski definition) is 4. The number of nitrogens with zero attached hydrogens (tertiary/aromatic N) is 2. The standard InChI is InChI=1S/C22H31FN4O3/c1-22(2,12-20-25-18-8-7-16(23)10-19(18)26-20)13-24-21(29)11-17(27(30)14-28)9-15-5-3-4-6-15/h7-8,10,14-15,17,30H,3-6,9,11-13H2,1-2H3,(H,24,29)(H,25,26). The summed E-state index contributed by atoms with van der Waals surface area (Å²) in [5, 5.41) is 13.4. The zero-order valence-electron chi connectivity index (χ0n) is 17.7. The summed E-state index contributed by atoms with van der Waals surface area (Å²) in [7, 11) is 0. The maximum absolute atomic E-state index is 13.4. The van der Waals surface area contributed by atoms with E-state index in [1.165, 1.54) is 25.0 Å². The number of carbonyl (C=O) groups excluding carboxylic acids is 2. The van der Waals surface area contributed by atoms with E-state index in [4.69, 9.17) is 0 Å². The number of halogens is 1. The van der Waals surface area contributed by atoms with Crippen LogP contribution in [0.4, 0.5) is 4.39 Å². The Morgan fingerprint density at radius 1 is 1.43 bits per heavy atom. The van der Waals surface area contributed by atoms with Gasteiger partial charge in [-0.25, -0.2) is 14.4 Å². The van der Waals surface area contributed by atoms with E-state index < -0.39 is 6.04 Å². The zero-order valence-corrected chi connectivity index (χ0v) is 17.7. The summed E-state index contributed by atoms with van der Waals surface area (Å²) >= 11 is 0. The average molecular weight is 419 g/mol. The first-order chi connectivity index (χ1) is 14.3. The third kappa shape index (κ3) is 6.01. The molecule has 1 unspecified atom stereocenters. The lowest BCUT2D eigenvalue weighted by Crippen LogP contribution is -2.41. The summed E-state index contributed by atoms with van der Waals surface area (Å²) in [5.41, 5.74) is 1.07. The summed E-state index contributed by atoms with van der Waals surface area (Å²) in [5.74, 6) is 0.673. The van der Waals surface area contributed by atoms with E-state index >= 15 is 0 Å². The van der Waals surface area contributed by atoms with Gasteiger partial charge < -0.3 is 10.3 Å². The molecular formula is C22H31FN4O3. The highest BCUT2D eigenvalue weighted by Gasteiger charge is 2.27. The van der Waals surface area contributed by atoms with Gasteiger partial charge in [-0.05, 0) is 36.0 Å². The number of amides is 2. The molecule has 1 heterocycles. The fourth-order valence-corrected chi connectivity index (χ4v) is 4.26. The molecule has 2 aromatic rings. The SMILES string of the molecule is CC(C)(CNC(=O)CC(CC1CCCC1)N(O)C=O)Cc1nc2ccc(F)cc2[nH]1. The lowest BCUT2D eigenvalue weighted by atomic mass is 9.88. The normalized spacial score (nSPS) is 16.0. The Morgan fingerprint density at radius 2 is 2.17 bits per heavy atom. The Balaban J connectivity index is 1.53. The van der Waals surface area contributed by atoms with Gasteiger partial charge in [-0.2, -0.15) is 0 Å². The van der Waals surface area contributed by atoms with Gasteiger partial charge in [-0.3, -0.25) is 14.8 Å². The van der Waals surface area contributed by atoms with Gasteiger partial charge in [0.05, 0.1) is 17.1 Å². The Kier molecular flexibility index (Phi) is 7.07. The molecule has 1 atom stereocenters. The minimum atomic E-state index is -0.501. The van der Waals surface area contributed by atoms with Gasteiger partial charge in [0.25, 0.3) is 0 Å². The summed E-state index contributed by atoms with van der Waals surface area (Å²) < 4.78 is 13.4. The molecule has 8 heteroatoms. The Bertz CT molecular complexity index is 876. The molecule has 164 valence electrons. The molecule has 0 saturated heterocycles. The van der Waals surface area contributed by atoms with Gasteiger partial charge >= 0.3 is 0 Å². The summed E-state index contributed by atoms with van der Waals surface area (Å²) in [6.07, 6.45) is 6.17. The molecule has 1 saturated carbocycles. The van der Waals surface area contributed by atoms with Crippen LogP contribution in [0.15, 0.2) is 18.2 Å². The van der Waals surface area contributed by atoms with E-state index in [-0.39, 0.29) is 23.6 Å². The van der Waals surface area contributed by atoms with Crippen molar-refractivity contribution < 1.29 is 19.2 Å². The number of imidazole rings is 1. The van der Waals surface area contributed by atoms with Crippen LogP contribution in [0.25, 0.3) is 11.0 Å². The molecule has 3 rings (SSSR count). The second-order valence-corrected chi connectivity index (χ2v) is 9.19. The van der Waals surface area contributed by atoms with E-state index in [2.05, 4.69) is 15.3 Å². The number of aromatic nitrogens is 2. The van der Waals surface area contributed by atoms with E-state index in [1.54, 1.807) is 6.07 Å². The first-order valence-electron chi connectivity index (χ1n) is 10.6. The predicted octanol–water partition coefficient (Wildman–Crippen LogP) is 3.57. The number of hydrogen-bond donors (Lipinski definition) is 3. The van der Waals surface area contributed by atoms with E-state index in [0.717, 1.165) is 18.7 Å². The largest absolute Gasteiger partial charge is 0.355 e. The number of benzene rings is 1. The van der Waals surface area contributed by atoms with Crippen molar-refractivity contribution in [2.45, 2.75) is 64.8 Å². The van der Waals surface area contributed by atoms with Gasteiger partial charge in [-0.1, -0.05) is 39.5 Å². The molecule has 1 aliphatic carbocycles. The van der Waals surface area contributed by atoms with Gasteiger partial charge in [0.15, 0.2) is 0 Å². The molecule has 7 nitrogen and oxygen atoms in total. The van der Waals surface area contributed by atoms with Crippen LogP contribution in [0.5, 0.6) is 0 Å². The van der Waals surface area contributed by atoms with Crippen molar-refractivity contribution in [2.24, 2.45) is 11.3 Å². The highest BCUT2D eigenvalue weighted by atomic mass is 19.1. The second-order valence-electron chi connectivity index (χ2n) is 9.19. The molecule has 1 fully saturated rings. The fraction of sp³-hybridized carbons (Fsp3) is 0.591. The highest BCUT2D eigenvalue weighted by Crippen LogP contribution is 2.30. The molecular weight excluding hydrogens is 387 g/mol. The summed E-state index contributed by atoms with van der Waals surface area (Å²) in [6.45, 7) is 4.45. The van der Waals surface area contributed by atoms with Crippen molar-refractivity contribution >= 4 is 23.4 Å². The van der Waals surface area contributed by atoms with E-state index in [0.29, 0.717) is 47.8 Å². The van der Waals surface area contributed by atoms with E-state index in [9.17, 15) is 19.2 Å². The molecule has 0 spiro atoms. The smallest absolute Gasteiger partial charge is 0.233 e. The average Bonchev–Trinajstić information content (AvgIpc) is 3.33. The van der Waals surface area contributed by atoms with Gasteiger partial charge in [0, 0.05) is 19.4 Å². The number of hydroxylamine groups is 2. The van der Waals surface area contributed by atoms with Crippen molar-refractivity contribution in [3.8, 4) is 0 Å². The first-order valence-corrected chi connectivity index (χ1v) is 10.6. The Morgan fingerprint density at radius 3 is 2.87 bits per heavy atom. The van der Waals surface area contributed by atoms with Crippen LogP contribution in [-0.2, 0) is 16.0 Å². The molecule has 3 N–H and O–H groups in total. The number of nitrogens with one attached hydrogen (secondary N) is 2. The van der Waals surface area contributed by atoms with E-state index in [1.807, 2.05) is 13.8 Å². The minimum absolute atomic E-state index is 0.0751. The Hall–Kier alpha value is -2.48. The summed E-state index contributed by atoms with van der Waals surface area (Å²) in [4.78, 5) is 31.1. The third-order valence-electron chi connectivity index (χ3n) is 5.89. The topological polar surface area (TPSA) is 98.3 Å². The quantitative estimate of drug-likeness (QED) is 0.312. The molecule has 0 radical (unpaired) electrons. The lowest BCUT2D eigenvalue weighted by Gasteiger charge is -2.27. The monoisotopic (exact) mass is 418 g/mol. The molecule has 1 aromatic heterocycles. The Labute approximate surface area is 176 Å². The zero-order chi connectivity index (χ0) is 21.7. The molecule has 0 bridgehead atoms. The van der Waals surface area contributed by atoms with Crippen molar-refractivity contribution in [3.63, 3.8) is 0 Å². The molecule has 2 amide bonds. The fourth-order valence-electron chi connectivity index (χ4n) is 4.26. The number of aromatic amines is 1. The lowest BCUT2D eigenvalue weighted by molar-refractivity contribution is -0.163. The van der Waals surface area contributed by atoms with Crippen LogP contribution < -0.4 is 5.32 Å². The number of H-pyrrole nitrogens is 1. The number of rotatable bonds is 10. The number of fused-ring (bicyclic) bond motifs is 1. The molecule has 1 aliphatic rings. The second kappa shape index (κ2) is 9.55. The van der Waals surface area contributed by atoms with Gasteiger partial charge in [0.2, 0.25) is 12.3 Å².